The Labute approximate surface area is 169 Å². The summed E-state index contributed by atoms with van der Waals surface area (Å²) < 4.78 is 23.0. The van der Waals surface area contributed by atoms with E-state index in [0.29, 0.717) is 0 Å². The van der Waals surface area contributed by atoms with Crippen molar-refractivity contribution in [2.45, 2.75) is 31.9 Å². The van der Waals surface area contributed by atoms with Gasteiger partial charge in [-0.25, -0.2) is 4.21 Å². The lowest BCUT2D eigenvalue weighted by atomic mass is 10.1. The molecule has 1 atom stereocenters. The summed E-state index contributed by atoms with van der Waals surface area (Å²) in [5, 5.41) is 0. The maximum absolute atomic E-state index is 11.4. The minimum Gasteiger partial charge on any atom is -0.370 e. The molecule has 1 N–H and O–H groups in total. The molecule has 0 saturated carbocycles. The summed E-state index contributed by atoms with van der Waals surface area (Å²) in [7, 11) is 0. The largest absolute Gasteiger partial charge is 0.370 e. The summed E-state index contributed by atoms with van der Waals surface area (Å²) in [6, 6.07) is 18.7. The van der Waals surface area contributed by atoms with Crippen molar-refractivity contribution < 1.29 is 8.76 Å². The molecule has 1 aliphatic heterocycles. The predicted molar refractivity (Wildman–Crippen MR) is 116 cm³/mol. The van der Waals surface area contributed by atoms with Crippen molar-refractivity contribution in [2.75, 3.05) is 18.0 Å². The van der Waals surface area contributed by atoms with E-state index in [1.165, 1.54) is 36.2 Å². The summed E-state index contributed by atoms with van der Waals surface area (Å²) in [6.45, 7) is 4.21. The van der Waals surface area contributed by atoms with Crippen LogP contribution in [0, 0.1) is 6.92 Å². The fourth-order valence-electron chi connectivity index (χ4n) is 4.12. The van der Waals surface area contributed by atoms with Crippen molar-refractivity contribution in [3.05, 3.63) is 71.9 Å². The smallest absolute Gasteiger partial charge is 0.157 e. The van der Waals surface area contributed by atoms with E-state index in [-0.39, 0.29) is 5.75 Å². The summed E-state index contributed by atoms with van der Waals surface area (Å²) in [5.74, 6) is 0.153. The molecule has 4 rings (SSSR count). The fraction of sp³-hybridized carbons (Fsp3) is 0.304. The Morgan fingerprint density at radius 2 is 1.68 bits per heavy atom. The molecule has 0 amide bonds. The third-order valence-corrected chi connectivity index (χ3v) is 6.12. The first kappa shape index (κ1) is 19.0. The molecular formula is C23H26N2O2S. The standard InChI is InChI=1S/C23H26N2O2S/c1-18-20(17-28(26)27)11-8-12-21(18)25-16-13-22(24-14-6-3-7-15-24)23(25)19-9-4-2-5-10-19/h2,4-5,8-13,16H,3,6-7,14-15,17H2,1H3,(H,26,27). The molecule has 4 nitrogen and oxygen atoms in total. The average molecular weight is 395 g/mol. The Morgan fingerprint density at radius 1 is 0.929 bits per heavy atom. The third-order valence-electron chi connectivity index (χ3n) is 5.56. The Hall–Kier alpha value is -2.37. The van der Waals surface area contributed by atoms with Gasteiger partial charge >= 0.3 is 0 Å². The first-order valence-corrected chi connectivity index (χ1v) is 11.1. The van der Waals surface area contributed by atoms with Crippen molar-refractivity contribution in [1.29, 1.82) is 0 Å². The molecule has 3 aromatic rings. The van der Waals surface area contributed by atoms with Crippen LogP contribution < -0.4 is 4.90 Å². The van der Waals surface area contributed by atoms with Crippen molar-refractivity contribution >= 4 is 16.8 Å². The van der Waals surface area contributed by atoms with Gasteiger partial charge in [0.2, 0.25) is 0 Å². The number of nitrogens with zero attached hydrogens (tertiary/aromatic N) is 2. The molecule has 1 fully saturated rings. The van der Waals surface area contributed by atoms with Crippen LogP contribution in [0.4, 0.5) is 5.69 Å². The molecule has 2 aromatic carbocycles. The summed E-state index contributed by atoms with van der Waals surface area (Å²) in [5.41, 5.74) is 6.65. The Morgan fingerprint density at radius 3 is 2.39 bits per heavy atom. The zero-order chi connectivity index (χ0) is 19.5. The lowest BCUT2D eigenvalue weighted by molar-refractivity contribution is 0.563. The second-order valence-electron chi connectivity index (χ2n) is 7.36. The molecule has 28 heavy (non-hydrogen) atoms. The zero-order valence-corrected chi connectivity index (χ0v) is 17.0. The van der Waals surface area contributed by atoms with Gasteiger partial charge in [-0.1, -0.05) is 42.5 Å². The summed E-state index contributed by atoms with van der Waals surface area (Å²) >= 11 is -1.85. The lowest BCUT2D eigenvalue weighted by Crippen LogP contribution is -2.29. The van der Waals surface area contributed by atoms with Gasteiger partial charge in [-0.15, -0.1) is 0 Å². The fourth-order valence-corrected chi connectivity index (χ4v) is 4.69. The van der Waals surface area contributed by atoms with E-state index in [1.54, 1.807) is 0 Å². The number of hydrogen-bond donors (Lipinski definition) is 1. The lowest BCUT2D eigenvalue weighted by Gasteiger charge is -2.29. The van der Waals surface area contributed by atoms with Crippen LogP contribution in [0.25, 0.3) is 16.9 Å². The molecular weight excluding hydrogens is 368 g/mol. The molecule has 0 bridgehead atoms. The highest BCUT2D eigenvalue weighted by Gasteiger charge is 2.20. The first-order chi connectivity index (χ1) is 13.6. The number of rotatable bonds is 5. The average Bonchev–Trinajstić information content (AvgIpc) is 3.15. The summed E-state index contributed by atoms with van der Waals surface area (Å²) in [6.07, 6.45) is 5.90. The quantitative estimate of drug-likeness (QED) is 0.608. The second-order valence-corrected chi connectivity index (χ2v) is 8.29. The third kappa shape index (κ3) is 3.77. The maximum Gasteiger partial charge on any atom is 0.157 e. The van der Waals surface area contributed by atoms with Crippen LogP contribution in [0.1, 0.15) is 30.4 Å². The highest BCUT2D eigenvalue weighted by molar-refractivity contribution is 7.78. The van der Waals surface area contributed by atoms with Gasteiger partial charge in [0.25, 0.3) is 0 Å². The number of benzene rings is 2. The minimum atomic E-state index is -1.85. The number of hydrogen-bond acceptors (Lipinski definition) is 2. The number of piperidine rings is 1. The molecule has 1 aliphatic rings. The summed E-state index contributed by atoms with van der Waals surface area (Å²) in [4.78, 5) is 2.49. The SMILES string of the molecule is Cc1c(CS(=O)O)cccc1-n1ccc(N2CCCCC2)c1-c1ccccc1. The van der Waals surface area contributed by atoms with Gasteiger partial charge in [-0.05, 0) is 49.4 Å². The molecule has 0 spiro atoms. The molecule has 0 aliphatic carbocycles. The van der Waals surface area contributed by atoms with Gasteiger partial charge in [-0.3, -0.25) is 0 Å². The Bertz CT molecular complexity index is 976. The van der Waals surface area contributed by atoms with E-state index in [4.69, 9.17) is 0 Å². The van der Waals surface area contributed by atoms with Crippen LogP contribution in [0.5, 0.6) is 0 Å². The van der Waals surface area contributed by atoms with E-state index in [2.05, 4.69) is 52.1 Å². The van der Waals surface area contributed by atoms with Gasteiger partial charge in [0.15, 0.2) is 11.1 Å². The minimum absolute atomic E-state index is 0.153. The van der Waals surface area contributed by atoms with Crippen molar-refractivity contribution in [3.8, 4) is 16.9 Å². The normalized spacial score (nSPS) is 15.6. The number of aromatic nitrogens is 1. The predicted octanol–water partition coefficient (Wildman–Crippen LogP) is 5.16. The molecule has 1 saturated heterocycles. The van der Waals surface area contributed by atoms with Crippen LogP contribution in [-0.2, 0) is 16.8 Å². The second kappa shape index (κ2) is 8.33. The number of anilines is 1. The monoisotopic (exact) mass is 394 g/mol. The van der Waals surface area contributed by atoms with Crippen molar-refractivity contribution in [1.82, 2.24) is 4.57 Å². The zero-order valence-electron chi connectivity index (χ0n) is 16.2. The van der Waals surface area contributed by atoms with Gasteiger partial charge in [-0.2, -0.15) is 0 Å². The van der Waals surface area contributed by atoms with E-state index < -0.39 is 11.1 Å². The van der Waals surface area contributed by atoms with Crippen molar-refractivity contribution in [2.24, 2.45) is 0 Å². The van der Waals surface area contributed by atoms with Gasteiger partial charge < -0.3 is 14.0 Å². The van der Waals surface area contributed by atoms with E-state index in [9.17, 15) is 8.76 Å². The maximum atomic E-state index is 11.4. The van der Waals surface area contributed by atoms with Gasteiger partial charge in [0.1, 0.15) is 0 Å². The first-order valence-electron chi connectivity index (χ1n) is 9.83. The molecule has 1 aromatic heterocycles. The van der Waals surface area contributed by atoms with E-state index in [0.717, 1.165) is 29.9 Å². The molecule has 1 unspecified atom stereocenters. The molecule has 0 radical (unpaired) electrons. The van der Waals surface area contributed by atoms with E-state index in [1.807, 2.05) is 25.1 Å². The Kier molecular flexibility index (Phi) is 5.64. The van der Waals surface area contributed by atoms with Gasteiger partial charge in [0, 0.05) is 30.5 Å². The van der Waals surface area contributed by atoms with Crippen molar-refractivity contribution in [3.63, 3.8) is 0 Å². The van der Waals surface area contributed by atoms with Crippen LogP contribution in [0.3, 0.4) is 0 Å². The highest BCUT2D eigenvalue weighted by atomic mass is 32.2. The molecule has 146 valence electrons. The van der Waals surface area contributed by atoms with Gasteiger partial charge in [0.05, 0.1) is 17.1 Å². The topological polar surface area (TPSA) is 45.5 Å². The van der Waals surface area contributed by atoms with Crippen LogP contribution in [0.2, 0.25) is 0 Å². The van der Waals surface area contributed by atoms with E-state index >= 15 is 0 Å². The van der Waals surface area contributed by atoms with Crippen LogP contribution in [-0.4, -0.2) is 26.4 Å². The molecule has 5 heteroatoms. The van der Waals surface area contributed by atoms with Crippen LogP contribution >= 0.6 is 0 Å². The Balaban J connectivity index is 1.86. The highest BCUT2D eigenvalue weighted by Crippen LogP contribution is 2.36. The molecule has 2 heterocycles. The van der Waals surface area contributed by atoms with Crippen LogP contribution in [0.15, 0.2) is 60.8 Å².